The fourth-order valence-electron chi connectivity index (χ4n) is 3.59. The van der Waals surface area contributed by atoms with Gasteiger partial charge in [0.2, 0.25) is 11.8 Å². The number of pyridine rings is 1. The van der Waals surface area contributed by atoms with E-state index in [1.807, 2.05) is 6.07 Å². The van der Waals surface area contributed by atoms with E-state index in [0.717, 1.165) is 11.6 Å². The Bertz CT molecular complexity index is 1250. The van der Waals surface area contributed by atoms with Crippen LogP contribution in [0, 0.1) is 17.1 Å². The third kappa shape index (κ3) is 3.86. The first-order chi connectivity index (χ1) is 14.9. The van der Waals surface area contributed by atoms with Crippen molar-refractivity contribution in [3.05, 3.63) is 76.8 Å². The molecule has 1 aliphatic rings. The summed E-state index contributed by atoms with van der Waals surface area (Å²) in [6.07, 6.45) is 1.61. The molecule has 0 saturated carbocycles. The molecule has 0 bridgehead atoms. The monoisotopic (exact) mass is 434 g/mol. The number of hydrogen-bond acceptors (Lipinski definition) is 4. The first kappa shape index (κ1) is 20.5. The van der Waals surface area contributed by atoms with Crippen LogP contribution in [0.15, 0.2) is 54.7 Å². The molecule has 31 heavy (non-hydrogen) atoms. The van der Waals surface area contributed by atoms with Crippen molar-refractivity contribution in [2.45, 2.75) is 12.8 Å². The summed E-state index contributed by atoms with van der Waals surface area (Å²) in [5, 5.41) is 11.9. The fourth-order valence-corrected chi connectivity index (χ4v) is 3.71. The topological polar surface area (TPSA) is 86.1 Å². The number of hydrogen-bond donors (Lipinski definition) is 1. The van der Waals surface area contributed by atoms with E-state index in [1.165, 1.54) is 17.0 Å². The summed E-state index contributed by atoms with van der Waals surface area (Å²) < 4.78 is 13.7. The summed E-state index contributed by atoms with van der Waals surface area (Å²) in [7, 11) is 0. The minimum atomic E-state index is -0.663. The lowest BCUT2D eigenvalue weighted by molar-refractivity contribution is -0.122. The van der Waals surface area contributed by atoms with Gasteiger partial charge in [-0.05, 0) is 43.3 Å². The Hall–Kier alpha value is -3.76. The number of benzene rings is 2. The van der Waals surface area contributed by atoms with Crippen molar-refractivity contribution in [1.82, 2.24) is 4.98 Å². The molecule has 2 aromatic carbocycles. The molecule has 0 spiro atoms. The van der Waals surface area contributed by atoms with Crippen molar-refractivity contribution in [2.24, 2.45) is 0 Å². The molecule has 8 heteroatoms. The average Bonchev–Trinajstić information content (AvgIpc) is 2.86. The molecule has 0 aliphatic carbocycles. The van der Waals surface area contributed by atoms with E-state index in [9.17, 15) is 19.2 Å². The van der Waals surface area contributed by atoms with Gasteiger partial charge in [0, 0.05) is 23.0 Å². The molecule has 1 N–H and O–H groups in total. The molecule has 0 saturated heterocycles. The number of anilines is 2. The number of nitrogens with zero attached hydrogens (tertiary/aromatic N) is 3. The molecular formula is C23H16ClFN4O2. The van der Waals surface area contributed by atoms with Crippen molar-refractivity contribution in [2.75, 3.05) is 16.8 Å². The summed E-state index contributed by atoms with van der Waals surface area (Å²) in [4.78, 5) is 31.8. The van der Waals surface area contributed by atoms with Gasteiger partial charge in [0.15, 0.2) is 0 Å². The zero-order valence-corrected chi connectivity index (χ0v) is 17.2. The number of nitrogens with one attached hydrogen (secondary N) is 1. The van der Waals surface area contributed by atoms with Gasteiger partial charge in [-0.1, -0.05) is 23.7 Å². The molecule has 2 amide bonds. The molecule has 0 fully saturated rings. The van der Waals surface area contributed by atoms with Crippen molar-refractivity contribution in [3.8, 4) is 17.2 Å². The standard InChI is InChI=1S/C23H16ClFN4O2/c1-13-22-17(3-2-8-27-22)16-6-4-14(11-26)9-20(16)29(23(13)31)12-21(30)28-15-5-7-18(24)19(25)10-15/h2-10,13H,12H2,1H3,(H,28,30). The van der Waals surface area contributed by atoms with E-state index >= 15 is 0 Å². The highest BCUT2D eigenvalue weighted by molar-refractivity contribution is 6.30. The Balaban J connectivity index is 1.73. The van der Waals surface area contributed by atoms with Crippen LogP contribution in [0.25, 0.3) is 11.1 Å². The van der Waals surface area contributed by atoms with Gasteiger partial charge in [-0.25, -0.2) is 4.39 Å². The van der Waals surface area contributed by atoms with E-state index < -0.39 is 17.6 Å². The lowest BCUT2D eigenvalue weighted by Crippen LogP contribution is -2.40. The molecule has 1 aromatic heterocycles. The number of nitriles is 1. The number of halogens is 2. The van der Waals surface area contributed by atoms with Crippen LogP contribution >= 0.6 is 11.6 Å². The van der Waals surface area contributed by atoms with Gasteiger partial charge in [-0.3, -0.25) is 14.6 Å². The van der Waals surface area contributed by atoms with E-state index in [1.54, 1.807) is 37.4 Å². The number of carbonyl (C=O) groups is 2. The Kier molecular flexibility index (Phi) is 5.40. The Morgan fingerprint density at radius 3 is 2.81 bits per heavy atom. The highest BCUT2D eigenvalue weighted by Gasteiger charge is 2.33. The molecule has 6 nitrogen and oxygen atoms in total. The Labute approximate surface area is 182 Å². The quantitative estimate of drug-likeness (QED) is 0.657. The Morgan fingerprint density at radius 2 is 2.06 bits per heavy atom. The predicted molar refractivity (Wildman–Crippen MR) is 115 cm³/mol. The second kappa shape index (κ2) is 8.17. The third-order valence-corrected chi connectivity index (χ3v) is 5.40. The van der Waals surface area contributed by atoms with Crippen molar-refractivity contribution in [1.29, 1.82) is 5.26 Å². The van der Waals surface area contributed by atoms with E-state index in [2.05, 4.69) is 16.4 Å². The van der Waals surface area contributed by atoms with Crippen LogP contribution in [-0.2, 0) is 9.59 Å². The van der Waals surface area contributed by atoms with Crippen LogP contribution < -0.4 is 10.2 Å². The summed E-state index contributed by atoms with van der Waals surface area (Å²) >= 11 is 5.68. The van der Waals surface area contributed by atoms with Crippen LogP contribution in [0.3, 0.4) is 0 Å². The molecule has 1 aliphatic heterocycles. The normalized spacial score (nSPS) is 14.8. The lowest BCUT2D eigenvalue weighted by Gasteiger charge is -2.24. The molecular weight excluding hydrogens is 419 g/mol. The van der Waals surface area contributed by atoms with Crippen molar-refractivity contribution in [3.63, 3.8) is 0 Å². The summed E-state index contributed by atoms with van der Waals surface area (Å²) in [6.45, 7) is 1.41. The van der Waals surface area contributed by atoms with E-state index in [4.69, 9.17) is 11.6 Å². The third-order valence-electron chi connectivity index (χ3n) is 5.10. The predicted octanol–water partition coefficient (Wildman–Crippen LogP) is 4.50. The van der Waals surface area contributed by atoms with Crippen LogP contribution in [0.2, 0.25) is 5.02 Å². The zero-order valence-electron chi connectivity index (χ0n) is 16.4. The molecule has 2 heterocycles. The van der Waals surface area contributed by atoms with Crippen LogP contribution in [0.5, 0.6) is 0 Å². The molecule has 1 atom stereocenters. The molecule has 3 aromatic rings. The van der Waals surface area contributed by atoms with Gasteiger partial charge in [0.25, 0.3) is 0 Å². The fraction of sp³-hybridized carbons (Fsp3) is 0.130. The summed E-state index contributed by atoms with van der Waals surface area (Å²) in [5.41, 5.74) is 3.09. The van der Waals surface area contributed by atoms with E-state index in [-0.39, 0.29) is 23.2 Å². The number of amides is 2. The zero-order chi connectivity index (χ0) is 22.1. The highest BCUT2D eigenvalue weighted by Crippen LogP contribution is 2.40. The number of carbonyl (C=O) groups excluding carboxylic acids is 2. The SMILES string of the molecule is CC1C(=O)N(CC(=O)Nc2ccc(Cl)c(F)c2)c2cc(C#N)ccc2-c2cccnc21. The largest absolute Gasteiger partial charge is 0.324 e. The van der Waals surface area contributed by atoms with Gasteiger partial charge >= 0.3 is 0 Å². The van der Waals surface area contributed by atoms with E-state index in [0.29, 0.717) is 22.5 Å². The maximum atomic E-state index is 13.7. The van der Waals surface area contributed by atoms with Gasteiger partial charge in [0.1, 0.15) is 12.4 Å². The van der Waals surface area contributed by atoms with Gasteiger partial charge in [-0.2, -0.15) is 5.26 Å². The maximum absolute atomic E-state index is 13.7. The second-order valence-corrected chi connectivity index (χ2v) is 7.51. The summed E-state index contributed by atoms with van der Waals surface area (Å²) in [5.74, 6) is -2.11. The second-order valence-electron chi connectivity index (χ2n) is 7.10. The average molecular weight is 435 g/mol. The minimum Gasteiger partial charge on any atom is -0.324 e. The minimum absolute atomic E-state index is 0.0576. The summed E-state index contributed by atoms with van der Waals surface area (Å²) in [6, 6.07) is 14.6. The first-order valence-electron chi connectivity index (χ1n) is 9.44. The van der Waals surface area contributed by atoms with Crippen LogP contribution in [0.4, 0.5) is 15.8 Å². The molecule has 4 rings (SSSR count). The molecule has 0 radical (unpaired) electrons. The van der Waals surface area contributed by atoms with Crippen molar-refractivity contribution < 1.29 is 14.0 Å². The smallest absolute Gasteiger partial charge is 0.244 e. The lowest BCUT2D eigenvalue weighted by atomic mass is 9.97. The molecule has 154 valence electrons. The number of aromatic nitrogens is 1. The Morgan fingerprint density at radius 1 is 1.26 bits per heavy atom. The van der Waals surface area contributed by atoms with Gasteiger partial charge in [0.05, 0.1) is 34.0 Å². The molecule has 1 unspecified atom stereocenters. The van der Waals surface area contributed by atoms with Crippen LogP contribution in [-0.4, -0.2) is 23.3 Å². The number of rotatable bonds is 3. The number of fused-ring (bicyclic) bond motifs is 3. The highest BCUT2D eigenvalue weighted by atomic mass is 35.5. The maximum Gasteiger partial charge on any atom is 0.244 e. The van der Waals surface area contributed by atoms with Gasteiger partial charge < -0.3 is 10.2 Å². The first-order valence-corrected chi connectivity index (χ1v) is 9.82. The van der Waals surface area contributed by atoms with Crippen molar-refractivity contribution >= 4 is 34.8 Å². The van der Waals surface area contributed by atoms with Gasteiger partial charge in [-0.15, -0.1) is 0 Å². The van der Waals surface area contributed by atoms with Crippen LogP contribution in [0.1, 0.15) is 24.1 Å².